The predicted molar refractivity (Wildman–Crippen MR) is 72.3 cm³/mol. The van der Waals surface area contributed by atoms with E-state index in [0.29, 0.717) is 13.1 Å². The van der Waals surface area contributed by atoms with Gasteiger partial charge in [0.15, 0.2) is 0 Å². The number of sulfonamides is 1. The number of nitrogens with one attached hydrogen (secondary N) is 1. The van der Waals surface area contributed by atoms with Gasteiger partial charge in [-0.15, -0.1) is 0 Å². The summed E-state index contributed by atoms with van der Waals surface area (Å²) in [6, 6.07) is 0.175. The van der Waals surface area contributed by atoms with E-state index >= 15 is 0 Å². The van der Waals surface area contributed by atoms with Gasteiger partial charge in [0, 0.05) is 44.8 Å². The van der Waals surface area contributed by atoms with E-state index in [1.165, 1.54) is 17.1 Å². The van der Waals surface area contributed by atoms with Crippen LogP contribution in [0.1, 0.15) is 13.3 Å². The molecule has 1 atom stereocenters. The van der Waals surface area contributed by atoms with Gasteiger partial charge < -0.3 is 10.2 Å². The normalized spacial score (nSPS) is 20.1. The van der Waals surface area contributed by atoms with E-state index in [4.69, 9.17) is 5.14 Å². The molecule has 0 aromatic carbocycles. The molecule has 1 aromatic rings. The molecule has 9 heteroatoms. The molecule has 2 rings (SSSR count). The summed E-state index contributed by atoms with van der Waals surface area (Å²) < 4.78 is 23.7. The van der Waals surface area contributed by atoms with Gasteiger partial charge >= 0.3 is 0 Å². The smallest absolute Gasteiger partial charge is 0.241 e. The van der Waals surface area contributed by atoms with Crippen molar-refractivity contribution in [3.8, 4) is 0 Å². The van der Waals surface area contributed by atoms with Crippen LogP contribution in [0.5, 0.6) is 0 Å². The molecule has 1 amide bonds. The quantitative estimate of drug-likeness (QED) is 0.721. The molecule has 0 spiro atoms. The fourth-order valence-electron chi connectivity index (χ4n) is 2.18. The second kappa shape index (κ2) is 5.90. The van der Waals surface area contributed by atoms with Gasteiger partial charge in [0.2, 0.25) is 15.9 Å². The van der Waals surface area contributed by atoms with Gasteiger partial charge in [-0.1, -0.05) is 0 Å². The summed E-state index contributed by atoms with van der Waals surface area (Å²) >= 11 is 0. The van der Waals surface area contributed by atoms with Gasteiger partial charge in [-0.2, -0.15) is 5.10 Å². The number of aryl methyl sites for hydroxylation is 1. The Labute approximate surface area is 118 Å². The number of carbonyl (C=O) groups excluding carboxylic acids is 1. The number of aromatic nitrogens is 2. The number of rotatable bonds is 4. The molecule has 0 saturated carbocycles. The third-order valence-corrected chi connectivity index (χ3v) is 4.18. The summed E-state index contributed by atoms with van der Waals surface area (Å²) in [7, 11) is -3.74. The van der Waals surface area contributed by atoms with E-state index in [9.17, 15) is 13.2 Å². The minimum Gasteiger partial charge on any atom is -0.337 e. The first-order chi connectivity index (χ1) is 9.38. The van der Waals surface area contributed by atoms with Crippen LogP contribution in [-0.4, -0.2) is 54.7 Å². The molecule has 3 N–H and O–H groups in total. The van der Waals surface area contributed by atoms with Gasteiger partial charge in [-0.25, -0.2) is 13.6 Å². The zero-order valence-electron chi connectivity index (χ0n) is 11.3. The monoisotopic (exact) mass is 301 g/mol. The molecule has 1 aliphatic rings. The summed E-state index contributed by atoms with van der Waals surface area (Å²) in [5, 5.41) is 12.1. The largest absolute Gasteiger partial charge is 0.337 e. The maximum Gasteiger partial charge on any atom is 0.241 e. The first kappa shape index (κ1) is 14.9. The highest BCUT2D eigenvalue weighted by Crippen LogP contribution is 2.08. The highest BCUT2D eigenvalue weighted by Gasteiger charge is 2.22. The maximum atomic E-state index is 12.1. The van der Waals surface area contributed by atoms with Crippen molar-refractivity contribution in [2.24, 2.45) is 5.14 Å². The number of hydrogen-bond donors (Lipinski definition) is 2. The standard InChI is InChI=1S/C11H19N5O3S/c1-9-6-13-3-5-16(9)11(17)2-4-15-8-10(7-14-15)20(12,18)19/h7-9,13H,2-6H2,1H3,(H2,12,18,19)/t9-/m0/s1. The summed E-state index contributed by atoms with van der Waals surface area (Å²) in [4.78, 5) is 13.9. The van der Waals surface area contributed by atoms with Crippen molar-refractivity contribution in [2.75, 3.05) is 19.6 Å². The van der Waals surface area contributed by atoms with E-state index in [0.717, 1.165) is 13.1 Å². The van der Waals surface area contributed by atoms with Crippen LogP contribution in [0.25, 0.3) is 0 Å². The van der Waals surface area contributed by atoms with Crippen molar-refractivity contribution in [1.29, 1.82) is 0 Å². The number of nitrogens with two attached hydrogens (primary N) is 1. The molecule has 20 heavy (non-hydrogen) atoms. The second-order valence-corrected chi connectivity index (χ2v) is 6.44. The van der Waals surface area contributed by atoms with Gasteiger partial charge in [0.25, 0.3) is 0 Å². The van der Waals surface area contributed by atoms with E-state index in [-0.39, 0.29) is 23.3 Å². The summed E-state index contributed by atoms with van der Waals surface area (Å²) in [5.74, 6) is 0.0478. The van der Waals surface area contributed by atoms with Crippen LogP contribution in [0.2, 0.25) is 0 Å². The van der Waals surface area contributed by atoms with Crippen LogP contribution in [-0.2, 0) is 21.4 Å². The lowest BCUT2D eigenvalue weighted by molar-refractivity contribution is -0.134. The first-order valence-corrected chi connectivity index (χ1v) is 7.98. The number of nitrogens with zero attached hydrogens (tertiary/aromatic N) is 3. The van der Waals surface area contributed by atoms with Crippen LogP contribution in [0.15, 0.2) is 17.3 Å². The summed E-state index contributed by atoms with van der Waals surface area (Å²) in [6.45, 7) is 4.63. The third-order valence-electron chi connectivity index (χ3n) is 3.31. The molecule has 0 unspecified atom stereocenters. The number of piperazine rings is 1. The van der Waals surface area contributed by atoms with E-state index in [2.05, 4.69) is 10.4 Å². The molecule has 1 fully saturated rings. The van der Waals surface area contributed by atoms with E-state index in [1.54, 1.807) is 0 Å². The Hall–Kier alpha value is -1.45. The van der Waals surface area contributed by atoms with Gasteiger partial charge in [0.05, 0.1) is 6.20 Å². The second-order valence-electron chi connectivity index (χ2n) is 4.87. The lowest BCUT2D eigenvalue weighted by Gasteiger charge is -2.34. The molecule has 0 aliphatic carbocycles. The Morgan fingerprint density at radius 1 is 1.60 bits per heavy atom. The molecule has 1 saturated heterocycles. The Morgan fingerprint density at radius 2 is 2.35 bits per heavy atom. The van der Waals surface area contributed by atoms with Gasteiger partial charge in [0.1, 0.15) is 4.90 Å². The van der Waals surface area contributed by atoms with E-state index < -0.39 is 10.0 Å². The third kappa shape index (κ3) is 3.56. The van der Waals surface area contributed by atoms with Crippen molar-refractivity contribution >= 4 is 15.9 Å². The fourth-order valence-corrected chi connectivity index (χ4v) is 2.64. The molecule has 2 heterocycles. The van der Waals surface area contributed by atoms with Crippen LogP contribution in [0.3, 0.4) is 0 Å². The van der Waals surface area contributed by atoms with Crippen LogP contribution >= 0.6 is 0 Å². The minimum atomic E-state index is -3.74. The Bertz CT molecular complexity index is 583. The van der Waals surface area contributed by atoms with Crippen LogP contribution in [0, 0.1) is 0 Å². The topological polar surface area (TPSA) is 110 Å². The Balaban J connectivity index is 1.91. The van der Waals surface area contributed by atoms with Gasteiger partial charge in [-0.05, 0) is 6.92 Å². The molecule has 112 valence electrons. The number of carbonyl (C=O) groups is 1. The zero-order chi connectivity index (χ0) is 14.8. The Kier molecular flexibility index (Phi) is 4.41. The van der Waals surface area contributed by atoms with E-state index in [1.807, 2.05) is 11.8 Å². The molecule has 1 aliphatic heterocycles. The zero-order valence-corrected chi connectivity index (χ0v) is 12.1. The van der Waals surface area contributed by atoms with Crippen molar-refractivity contribution in [3.05, 3.63) is 12.4 Å². The molecular weight excluding hydrogens is 282 g/mol. The van der Waals surface area contributed by atoms with Crippen LogP contribution < -0.4 is 10.5 Å². The van der Waals surface area contributed by atoms with Gasteiger partial charge in [-0.3, -0.25) is 9.48 Å². The summed E-state index contributed by atoms with van der Waals surface area (Å²) in [5.41, 5.74) is 0. The average molecular weight is 301 g/mol. The summed E-state index contributed by atoms with van der Waals surface area (Å²) in [6.07, 6.45) is 2.81. The average Bonchev–Trinajstić information content (AvgIpc) is 2.85. The molecule has 0 radical (unpaired) electrons. The predicted octanol–water partition coefficient (Wildman–Crippen LogP) is -1.26. The number of hydrogen-bond acceptors (Lipinski definition) is 5. The highest BCUT2D eigenvalue weighted by atomic mass is 32.2. The van der Waals surface area contributed by atoms with Crippen molar-refractivity contribution in [1.82, 2.24) is 20.0 Å². The van der Waals surface area contributed by atoms with Crippen molar-refractivity contribution < 1.29 is 13.2 Å². The Morgan fingerprint density at radius 3 is 2.95 bits per heavy atom. The highest BCUT2D eigenvalue weighted by molar-refractivity contribution is 7.89. The van der Waals surface area contributed by atoms with Crippen LogP contribution in [0.4, 0.5) is 0 Å². The maximum absolute atomic E-state index is 12.1. The lowest BCUT2D eigenvalue weighted by atomic mass is 10.2. The molecule has 0 bridgehead atoms. The number of amides is 1. The minimum absolute atomic E-state index is 0.0412. The van der Waals surface area contributed by atoms with Crippen molar-refractivity contribution in [2.45, 2.75) is 30.8 Å². The lowest BCUT2D eigenvalue weighted by Crippen LogP contribution is -2.52. The fraction of sp³-hybridized carbons (Fsp3) is 0.636. The molecular formula is C11H19N5O3S. The molecule has 1 aromatic heterocycles. The SMILES string of the molecule is C[C@H]1CNCCN1C(=O)CCn1cc(S(N)(=O)=O)cn1. The number of primary sulfonamides is 1. The van der Waals surface area contributed by atoms with Crippen molar-refractivity contribution in [3.63, 3.8) is 0 Å². The molecule has 8 nitrogen and oxygen atoms in total. The first-order valence-electron chi connectivity index (χ1n) is 6.43.